The lowest BCUT2D eigenvalue weighted by Crippen LogP contribution is -2.33. The molecule has 0 aromatic carbocycles. The van der Waals surface area contributed by atoms with Crippen molar-refractivity contribution in [1.82, 2.24) is 107 Å². The van der Waals surface area contributed by atoms with Crippen molar-refractivity contribution in [1.29, 1.82) is 0 Å². The molecule has 7 saturated heterocycles. The number of anilines is 4. The summed E-state index contributed by atoms with van der Waals surface area (Å²) in [6.07, 6.45) is -30.0. The van der Waals surface area contributed by atoms with Gasteiger partial charge in [-0.05, 0) is 20.8 Å². The number of aromatic amines is 6. The summed E-state index contributed by atoms with van der Waals surface area (Å²) in [5.74, 6) is -1.44. The smallest absolute Gasteiger partial charge is 0.394 e. The largest absolute Gasteiger partial charge is 0.472 e. The molecule has 11 aromatic heterocycles. The summed E-state index contributed by atoms with van der Waals surface area (Å²) in [6, 6.07) is 0. The summed E-state index contributed by atoms with van der Waals surface area (Å²) < 4.78 is 220. The molecule has 18 heterocycles. The Balaban J connectivity index is 0.572. The molecule has 23 N–H and O–H groups in total. The number of hydrogen-bond donors (Lipinski definition) is 19. The predicted octanol–water partition coefficient (Wildman–Crippen LogP) is -3.37. The lowest BCUT2D eigenvalue weighted by Gasteiger charge is -2.26. The molecule has 11 aromatic rings. The third-order valence-corrected chi connectivity index (χ3v) is 30.7. The standard InChI is InChI=1S/C70H89N26O45P7/c1-26-11-90(68(104)87-59(26)98)43-4-29(36(14-97)128-43)136-143(110,111)123-16-38-31(6-45(130-38)92-13-28(3)61(100)89-70(92)106)137-145(114,115)124-17-39-32(7-46(131-39)93-22-77-50-54(71)75-21-76-55(50)93)138-146(116,117)125-18-41-34(9-48(133-41)95-24-79-52-57(95)82-66(73)85-63(52)102)140-148(120,121)127-20-42-35(10-49(134-42)96-25-80-53-58(96)83-67(74)86-64(53)103)141-147(118,119)126-19-40-33(8-47(132-40)94-23-78-51-56(94)81-65(72)84-62(51)101)139-144(112,113)122-15-37-30(135-142(107,108)109)5-44(129-37)91-12-27(2)60(99)88-69(91)105/h11-13,21-25,29-49,97H,4-10,14-20H2,1-3H3,(H,110,111)(H,112,113)(H,114,115)(H,116,117)(H,118,119)(H,120,121)(H2,71,75,76)(H,87,98,104)(H,88,99,105)(H,89,100,106)(H2,107,108,109)(H3,72,81,84,101)(H3,73,82,85,102)(H3,74,83,86,103)/t29-,30-,31-,32-,33-,34-,35-,36+,37+,38+,39+,40+,41+,42+,43+,44+,45+,46+,47+,48+,49+/m0/s1. The van der Waals surface area contributed by atoms with Crippen molar-refractivity contribution in [2.75, 3.05) is 69.2 Å². The first-order valence-corrected chi connectivity index (χ1v) is 54.2. The number of phosphoric ester groups is 7. The van der Waals surface area contributed by atoms with Crippen LogP contribution in [0, 0.1) is 20.8 Å². The number of phosphoric acid groups is 7. The highest BCUT2D eigenvalue weighted by Gasteiger charge is 2.54. The van der Waals surface area contributed by atoms with E-state index in [0.29, 0.717) is 0 Å². The van der Waals surface area contributed by atoms with E-state index in [9.17, 15) is 119 Å². The minimum Gasteiger partial charge on any atom is -0.394 e. The van der Waals surface area contributed by atoms with Gasteiger partial charge in [0.25, 0.3) is 33.4 Å². The Bertz CT molecular complexity index is 7900. The van der Waals surface area contributed by atoms with Crippen LogP contribution in [-0.4, -0.2) is 283 Å². The van der Waals surface area contributed by atoms with Crippen LogP contribution in [0.2, 0.25) is 0 Å². The Morgan fingerprint density at radius 3 is 0.797 bits per heavy atom. The number of hydrogen-bond acceptors (Lipinski definition) is 50. The first-order valence-electron chi connectivity index (χ1n) is 43.7. The van der Waals surface area contributed by atoms with E-state index in [1.807, 2.05) is 4.98 Å². The molecule has 0 radical (unpaired) electrons. The van der Waals surface area contributed by atoms with Crippen LogP contribution in [0.4, 0.5) is 23.7 Å². The second kappa shape index (κ2) is 41.8. The molecule has 0 amide bonds. The van der Waals surface area contributed by atoms with Crippen molar-refractivity contribution >= 4 is 123 Å². The Morgan fingerprint density at radius 2 is 0.541 bits per heavy atom. The van der Waals surface area contributed by atoms with Crippen LogP contribution >= 0.6 is 54.8 Å². The first-order chi connectivity index (χ1) is 69.7. The third kappa shape index (κ3) is 23.8. The number of nitrogens with two attached hydrogens (primary N) is 4. The van der Waals surface area contributed by atoms with Gasteiger partial charge in [-0.1, -0.05) is 0 Å². The highest BCUT2D eigenvalue weighted by molar-refractivity contribution is 7.49. The quantitative estimate of drug-likeness (QED) is 0.0167. The molecule has 7 fully saturated rings. The van der Waals surface area contributed by atoms with E-state index in [1.165, 1.54) is 31.7 Å². The van der Waals surface area contributed by atoms with Crippen LogP contribution < -0.4 is 73.4 Å². The summed E-state index contributed by atoms with van der Waals surface area (Å²) in [6.45, 7) is -3.73. The fourth-order valence-corrected chi connectivity index (χ4v) is 23.6. The number of nitrogens with one attached hydrogen (secondary N) is 6. The van der Waals surface area contributed by atoms with Crippen LogP contribution in [0.5, 0.6) is 0 Å². The summed E-state index contributed by atoms with van der Waals surface area (Å²) >= 11 is 0. The number of nitrogens with zero attached hydrogens (tertiary/aromatic N) is 16. The number of aryl methyl sites for hydroxylation is 3. The van der Waals surface area contributed by atoms with Crippen molar-refractivity contribution < 1.29 is 168 Å². The molecule has 804 valence electrons. The number of H-pyrrole nitrogens is 6. The zero-order valence-electron chi connectivity index (χ0n) is 76.0. The fraction of sp³-hybridized carbons (Fsp3) is 0.543. The maximum Gasteiger partial charge on any atom is 0.472 e. The molecular formula is C70H89N26O45P7. The van der Waals surface area contributed by atoms with E-state index in [4.69, 9.17) is 115 Å². The van der Waals surface area contributed by atoms with E-state index < -0.39 is 337 Å². The Morgan fingerprint density at radius 1 is 0.311 bits per heavy atom. The molecular weight excluding hydrogens is 2140 g/mol. The van der Waals surface area contributed by atoms with Crippen LogP contribution in [0.15, 0.2) is 93.4 Å². The molecule has 71 nitrogen and oxygen atoms in total. The first kappa shape index (κ1) is 107. The zero-order valence-corrected chi connectivity index (χ0v) is 82.2. The summed E-state index contributed by atoms with van der Waals surface area (Å²) in [4.78, 5) is 255. The number of rotatable bonds is 40. The van der Waals surface area contributed by atoms with Gasteiger partial charge in [-0.2, -0.15) is 15.0 Å². The van der Waals surface area contributed by atoms with Crippen LogP contribution in [-0.2, 0) is 124 Å². The minimum absolute atomic E-state index is 0.000856. The number of ether oxygens (including phenoxy) is 7. The van der Waals surface area contributed by atoms with Gasteiger partial charge in [0, 0.05) is 80.2 Å². The number of nitrogen functional groups attached to an aromatic ring is 4. The molecule has 0 saturated carbocycles. The maximum absolute atomic E-state index is 14.8. The van der Waals surface area contributed by atoms with E-state index in [1.54, 1.807) is 0 Å². The molecule has 7 aliphatic rings. The monoisotopic (exact) mass is 2230 g/mol. The van der Waals surface area contributed by atoms with Crippen molar-refractivity contribution in [3.05, 3.63) is 160 Å². The third-order valence-electron chi connectivity index (χ3n) is 24.1. The topological polar surface area (TPSA) is 989 Å². The Hall–Kier alpha value is -10.7. The minimum atomic E-state index is -5.78. The van der Waals surface area contributed by atoms with E-state index >= 15 is 0 Å². The predicted molar refractivity (Wildman–Crippen MR) is 483 cm³/mol. The fourth-order valence-electron chi connectivity index (χ4n) is 17.3. The van der Waals surface area contributed by atoms with Crippen molar-refractivity contribution in [2.45, 2.75) is 195 Å². The van der Waals surface area contributed by atoms with Gasteiger partial charge in [0.15, 0.2) is 45.0 Å². The highest BCUT2D eigenvalue weighted by Crippen LogP contribution is 2.58. The van der Waals surface area contributed by atoms with E-state index in [-0.39, 0.29) is 73.6 Å². The number of fused-ring (bicyclic) bond motifs is 4. The molecule has 78 heteroatoms. The lowest BCUT2D eigenvalue weighted by atomic mass is 10.2. The van der Waals surface area contributed by atoms with Crippen molar-refractivity contribution in [2.24, 2.45) is 0 Å². The molecule has 0 bridgehead atoms. The van der Waals surface area contributed by atoms with Crippen molar-refractivity contribution in [3.8, 4) is 0 Å². The summed E-state index contributed by atoms with van der Waals surface area (Å²) in [5, 5.41) is 10.2. The average molecular weight is 2230 g/mol. The van der Waals surface area contributed by atoms with Gasteiger partial charge < -0.3 is 100 Å². The van der Waals surface area contributed by atoms with Gasteiger partial charge in [-0.25, -0.2) is 76.2 Å². The lowest BCUT2D eigenvalue weighted by molar-refractivity contribution is -0.0646. The molecule has 6 unspecified atom stereocenters. The molecule has 0 aliphatic carbocycles. The molecule has 7 aliphatic heterocycles. The van der Waals surface area contributed by atoms with Crippen molar-refractivity contribution in [3.63, 3.8) is 0 Å². The van der Waals surface area contributed by atoms with Gasteiger partial charge in [-0.3, -0.25) is 149 Å². The normalized spacial score (nSPS) is 29.0. The second-order valence-electron chi connectivity index (χ2n) is 34.2. The van der Waals surface area contributed by atoms with Gasteiger partial charge >= 0.3 is 71.8 Å². The molecule has 18 rings (SSSR count). The Labute approximate surface area is 819 Å². The summed E-state index contributed by atoms with van der Waals surface area (Å²) in [7, 11) is -39.3. The van der Waals surface area contributed by atoms with Gasteiger partial charge in [-0.15, -0.1) is 0 Å². The Kier molecular flexibility index (Phi) is 30.3. The van der Waals surface area contributed by atoms with Gasteiger partial charge in [0.2, 0.25) is 17.8 Å². The number of aromatic nitrogens is 22. The van der Waals surface area contributed by atoms with Crippen LogP contribution in [0.25, 0.3) is 44.7 Å². The molecule has 148 heavy (non-hydrogen) atoms. The average Bonchev–Trinajstić information content (AvgIpc) is 1.63. The number of imidazole rings is 4. The summed E-state index contributed by atoms with van der Waals surface area (Å²) in [5.41, 5.74) is 14.3. The molecule has 0 spiro atoms. The SMILES string of the molecule is Cc1cn([C@H]2C[C@H](OP(=O)(O)O)[C@@H](COP(=O)(O)O[C@H]3C[C@H](n4cnc5c(=O)[nH]c(N)nc54)O[C@@H]3COP(=O)(O)O[C@H]3C[C@H](n4cnc5c(=O)[nH]c(N)nc54)O[C@@H]3COP(=O)(O)O[C@H]3C[C@H](n4cnc5c(=O)[nH]c(N)nc54)O[C@@H]3COP(=O)(O)O[C@H]3C[C@H](n4cnc5c(N)ncnc54)O[C@@H]3COP(=O)(O)O[C@H]3C[C@H](n4cc(C)c(=O)[nH]c4=O)O[C@@H]3COP(=O)(O)O[C@H]3C[C@H](n4cc(C)c(=O)[nH]c4=O)O[C@@H]3CO)O2)c(=O)[nH]c1=O. The second-order valence-corrected chi connectivity index (χ2v) is 43.8. The van der Waals surface area contributed by atoms with E-state index in [2.05, 4.69) is 69.8 Å². The zero-order chi connectivity index (χ0) is 106. The van der Waals surface area contributed by atoms with Crippen LogP contribution in [0.3, 0.4) is 0 Å². The van der Waals surface area contributed by atoms with Gasteiger partial charge in [0.1, 0.15) is 141 Å². The number of aliphatic hydroxyl groups excluding tert-OH is 1. The maximum atomic E-state index is 14.8. The van der Waals surface area contributed by atoms with Gasteiger partial charge in [0.05, 0.1) is 71.6 Å². The van der Waals surface area contributed by atoms with Crippen LogP contribution in [0.1, 0.15) is 105 Å². The molecule has 27 atom stereocenters. The number of aliphatic hydroxyl groups is 1. The highest BCUT2D eigenvalue weighted by atomic mass is 31.2. The van der Waals surface area contributed by atoms with E-state index in [0.717, 1.165) is 71.3 Å².